The molecule has 32 heavy (non-hydrogen) atoms. The number of aromatic amines is 1. The lowest BCUT2D eigenvalue weighted by atomic mass is 9.84. The van der Waals surface area contributed by atoms with Crippen LogP contribution in [0.4, 0.5) is 0 Å². The summed E-state index contributed by atoms with van der Waals surface area (Å²) in [7, 11) is 0. The van der Waals surface area contributed by atoms with Crippen molar-refractivity contribution in [3.63, 3.8) is 0 Å². The minimum Gasteiger partial charge on any atom is -0.420 e. The second kappa shape index (κ2) is 8.23. The number of allylic oxidation sites excluding steroid dienone is 1. The number of para-hydroxylation sites is 1. The van der Waals surface area contributed by atoms with Crippen LogP contribution in [0, 0.1) is 18.3 Å². The van der Waals surface area contributed by atoms with E-state index >= 15 is 0 Å². The van der Waals surface area contributed by atoms with Crippen LogP contribution in [0.3, 0.4) is 0 Å². The lowest BCUT2D eigenvalue weighted by Gasteiger charge is -2.24. The molecule has 0 saturated heterocycles. The van der Waals surface area contributed by atoms with Crippen molar-refractivity contribution < 1.29 is 4.74 Å². The van der Waals surface area contributed by atoms with Crippen LogP contribution in [0.2, 0.25) is 5.15 Å². The largest absolute Gasteiger partial charge is 0.420 e. The molecule has 1 atom stereocenters. The Bertz CT molecular complexity index is 1400. The van der Waals surface area contributed by atoms with Gasteiger partial charge in [-0.25, -0.2) is 4.98 Å². The van der Waals surface area contributed by atoms with E-state index in [1.807, 2.05) is 30.3 Å². The minimum atomic E-state index is -0.527. The summed E-state index contributed by atoms with van der Waals surface area (Å²) < 4.78 is 5.68. The van der Waals surface area contributed by atoms with Crippen molar-refractivity contribution in [3.05, 3.63) is 93.6 Å². The average molecular weight is 460 g/mol. The molecule has 1 aliphatic heterocycles. The number of hydrogen-bond donors (Lipinski definition) is 2. The molecule has 1 unspecified atom stereocenters. The van der Waals surface area contributed by atoms with Gasteiger partial charge in [-0.3, -0.25) is 5.10 Å². The molecular formula is C24H18ClN5OS. The lowest BCUT2D eigenvalue weighted by Crippen LogP contribution is -2.21. The third kappa shape index (κ3) is 3.58. The Balaban J connectivity index is 1.60. The Kier molecular flexibility index (Phi) is 5.25. The van der Waals surface area contributed by atoms with Crippen LogP contribution in [-0.4, -0.2) is 15.2 Å². The van der Waals surface area contributed by atoms with Crippen LogP contribution < -0.4 is 10.5 Å². The van der Waals surface area contributed by atoms with Gasteiger partial charge in [-0.1, -0.05) is 47.5 Å². The summed E-state index contributed by atoms with van der Waals surface area (Å²) >= 11 is 8.29. The summed E-state index contributed by atoms with van der Waals surface area (Å²) in [6.07, 6.45) is 0. The molecule has 8 heteroatoms. The monoisotopic (exact) mass is 459 g/mol. The Hall–Kier alpha value is -3.47. The molecule has 0 aliphatic carbocycles. The number of hydrogen-bond acceptors (Lipinski definition) is 6. The van der Waals surface area contributed by atoms with E-state index in [4.69, 9.17) is 22.1 Å². The van der Waals surface area contributed by atoms with E-state index in [9.17, 15) is 5.26 Å². The zero-order valence-electron chi connectivity index (χ0n) is 17.1. The fourth-order valence-electron chi connectivity index (χ4n) is 3.83. The van der Waals surface area contributed by atoms with Gasteiger partial charge in [0.15, 0.2) is 0 Å². The number of aromatic nitrogens is 3. The predicted octanol–water partition coefficient (Wildman–Crippen LogP) is 5.43. The van der Waals surface area contributed by atoms with Crippen molar-refractivity contribution in [2.45, 2.75) is 23.5 Å². The van der Waals surface area contributed by atoms with E-state index in [0.29, 0.717) is 27.9 Å². The fraction of sp³-hybridized carbons (Fsp3) is 0.125. The summed E-state index contributed by atoms with van der Waals surface area (Å²) in [5.41, 5.74) is 10.7. The number of fused-ring (bicyclic) bond motifs is 2. The molecule has 0 saturated carbocycles. The number of aryl methyl sites for hydroxylation is 1. The van der Waals surface area contributed by atoms with Crippen molar-refractivity contribution in [1.82, 2.24) is 15.2 Å². The topological polar surface area (TPSA) is 101 Å². The molecule has 3 N–H and O–H groups in total. The van der Waals surface area contributed by atoms with Gasteiger partial charge < -0.3 is 10.5 Å². The van der Waals surface area contributed by atoms with Crippen molar-refractivity contribution in [2.24, 2.45) is 5.73 Å². The molecule has 5 rings (SSSR count). The molecule has 6 nitrogen and oxygen atoms in total. The number of rotatable bonds is 4. The molecule has 0 radical (unpaired) electrons. The molecule has 4 aromatic rings. The summed E-state index contributed by atoms with van der Waals surface area (Å²) in [6.45, 7) is 2.06. The van der Waals surface area contributed by atoms with Crippen LogP contribution in [0.25, 0.3) is 10.9 Å². The zero-order valence-corrected chi connectivity index (χ0v) is 18.7. The third-order valence-electron chi connectivity index (χ3n) is 5.44. The number of nitrogens with one attached hydrogen (secondary N) is 1. The molecule has 2 aromatic heterocycles. The Morgan fingerprint density at radius 2 is 2.00 bits per heavy atom. The first-order valence-corrected chi connectivity index (χ1v) is 11.3. The van der Waals surface area contributed by atoms with Crippen molar-refractivity contribution in [1.29, 1.82) is 5.26 Å². The maximum atomic E-state index is 9.92. The van der Waals surface area contributed by atoms with E-state index < -0.39 is 5.92 Å². The number of nitrogens with zero attached hydrogens (tertiary/aromatic N) is 3. The van der Waals surface area contributed by atoms with Gasteiger partial charge in [-0.15, -0.1) is 16.9 Å². The van der Waals surface area contributed by atoms with Gasteiger partial charge in [0.2, 0.25) is 11.8 Å². The first-order chi connectivity index (χ1) is 15.5. The van der Waals surface area contributed by atoms with Crippen LogP contribution >= 0.6 is 23.4 Å². The van der Waals surface area contributed by atoms with Crippen molar-refractivity contribution in [2.75, 3.05) is 0 Å². The minimum absolute atomic E-state index is 0.0264. The van der Waals surface area contributed by atoms with Crippen molar-refractivity contribution in [3.8, 4) is 11.9 Å². The molecule has 0 bridgehead atoms. The number of nitrogens with two attached hydrogens (primary N) is 1. The average Bonchev–Trinajstić information content (AvgIpc) is 3.19. The van der Waals surface area contributed by atoms with Gasteiger partial charge in [-0.2, -0.15) is 5.26 Å². The highest BCUT2D eigenvalue weighted by Crippen LogP contribution is 2.46. The molecule has 0 amide bonds. The smallest absolute Gasteiger partial charge is 0.244 e. The molecular weight excluding hydrogens is 442 g/mol. The van der Waals surface area contributed by atoms with Crippen molar-refractivity contribution >= 4 is 34.3 Å². The number of pyridine rings is 1. The van der Waals surface area contributed by atoms with Crippen LogP contribution in [0.15, 0.2) is 70.9 Å². The summed E-state index contributed by atoms with van der Waals surface area (Å²) in [5, 5.41) is 18.6. The highest BCUT2D eigenvalue weighted by atomic mass is 35.5. The Morgan fingerprint density at radius 1 is 1.22 bits per heavy atom. The van der Waals surface area contributed by atoms with Gasteiger partial charge in [0.05, 0.1) is 22.7 Å². The number of thioether (sulfide) groups is 1. The maximum Gasteiger partial charge on any atom is 0.244 e. The number of H-pyrrole nitrogens is 1. The number of benzene rings is 2. The molecule has 2 aromatic carbocycles. The number of halogens is 1. The SMILES string of the molecule is Cc1ccc(SCc2[nH]nc3c2C(c2cc4ccccc4nc2Cl)C(C#N)=C(N)O3)cc1. The Labute approximate surface area is 194 Å². The van der Waals surface area contributed by atoms with E-state index in [1.165, 1.54) is 5.56 Å². The molecule has 0 spiro atoms. The summed E-state index contributed by atoms with van der Waals surface area (Å²) in [6, 6.07) is 20.2. The lowest BCUT2D eigenvalue weighted by molar-refractivity contribution is 0.378. The van der Waals surface area contributed by atoms with Gasteiger partial charge in [-0.05, 0) is 31.2 Å². The van der Waals surface area contributed by atoms with Crippen LogP contribution in [0.5, 0.6) is 5.88 Å². The van der Waals surface area contributed by atoms with Crippen LogP contribution in [0.1, 0.15) is 28.3 Å². The fourth-order valence-corrected chi connectivity index (χ4v) is 4.95. The first kappa shape index (κ1) is 20.4. The standard InChI is InChI=1S/C24H18ClN5OS/c1-13-6-8-15(9-7-13)32-12-19-21-20(17(11-26)23(27)31-24(21)30-29-19)16-10-14-4-2-3-5-18(14)28-22(16)25/h2-10,20H,12,27H2,1H3,(H,29,30). The van der Waals surface area contributed by atoms with E-state index in [-0.39, 0.29) is 5.88 Å². The maximum absolute atomic E-state index is 9.92. The first-order valence-electron chi connectivity index (χ1n) is 9.94. The van der Waals surface area contributed by atoms with E-state index in [2.05, 4.69) is 52.4 Å². The quantitative estimate of drug-likeness (QED) is 0.311. The highest BCUT2D eigenvalue weighted by molar-refractivity contribution is 7.98. The Morgan fingerprint density at radius 3 is 2.78 bits per heavy atom. The summed E-state index contributed by atoms with van der Waals surface area (Å²) in [4.78, 5) is 5.68. The normalized spacial score (nSPS) is 15.3. The second-order valence-electron chi connectivity index (χ2n) is 7.51. The molecule has 158 valence electrons. The van der Waals surface area contributed by atoms with Crippen LogP contribution in [-0.2, 0) is 5.75 Å². The number of ether oxygens (including phenoxy) is 1. The zero-order chi connectivity index (χ0) is 22.2. The molecule has 0 fully saturated rings. The second-order valence-corrected chi connectivity index (χ2v) is 8.92. The van der Waals surface area contributed by atoms with E-state index in [0.717, 1.165) is 27.1 Å². The van der Waals surface area contributed by atoms with Gasteiger partial charge in [0, 0.05) is 21.6 Å². The molecule has 1 aliphatic rings. The van der Waals surface area contributed by atoms with Gasteiger partial charge >= 0.3 is 0 Å². The number of nitriles is 1. The van der Waals surface area contributed by atoms with Gasteiger partial charge in [0.25, 0.3) is 0 Å². The van der Waals surface area contributed by atoms with E-state index in [1.54, 1.807) is 11.8 Å². The summed E-state index contributed by atoms with van der Waals surface area (Å²) in [5.74, 6) is 0.470. The predicted molar refractivity (Wildman–Crippen MR) is 125 cm³/mol. The third-order valence-corrected chi connectivity index (χ3v) is 6.78. The van der Waals surface area contributed by atoms with Gasteiger partial charge in [0.1, 0.15) is 16.8 Å². The highest BCUT2D eigenvalue weighted by Gasteiger charge is 2.36. The molecule has 3 heterocycles.